The van der Waals surface area contributed by atoms with E-state index in [4.69, 9.17) is 6.42 Å². The predicted octanol–water partition coefficient (Wildman–Crippen LogP) is 1.91. The molecule has 0 bridgehead atoms. The molecule has 0 aromatic heterocycles. The molecule has 21 heavy (non-hydrogen) atoms. The molecule has 1 aliphatic rings. The number of benzene rings is 1. The van der Waals surface area contributed by atoms with Gasteiger partial charge in [0.1, 0.15) is 0 Å². The highest BCUT2D eigenvalue weighted by Crippen LogP contribution is 2.26. The molecule has 2 rings (SSSR count). The standard InChI is InChI=1S/C17H20N2O2/c1-4-9-18-17(21)14-10-16(20)19(11-14)15-7-5-13(6-8-15)12(2)3/h1,5-8,12,14H,9-11H2,2-3H3,(H,18,21)/t14-/m0/s1. The Morgan fingerprint density at radius 3 is 2.67 bits per heavy atom. The lowest BCUT2D eigenvalue weighted by Gasteiger charge is -2.17. The third kappa shape index (κ3) is 3.43. The van der Waals surface area contributed by atoms with Gasteiger partial charge in [0.2, 0.25) is 11.8 Å². The van der Waals surface area contributed by atoms with Crippen LogP contribution in [0.3, 0.4) is 0 Å². The molecule has 0 saturated carbocycles. The number of terminal acetylenes is 1. The van der Waals surface area contributed by atoms with Crippen LogP contribution in [0, 0.1) is 18.3 Å². The number of hydrogen-bond donors (Lipinski definition) is 1. The van der Waals surface area contributed by atoms with E-state index in [2.05, 4.69) is 25.1 Å². The van der Waals surface area contributed by atoms with E-state index < -0.39 is 0 Å². The SMILES string of the molecule is C#CCNC(=O)[C@H]1CC(=O)N(c2ccc(C(C)C)cc2)C1. The van der Waals surface area contributed by atoms with Gasteiger partial charge < -0.3 is 10.2 Å². The Kier molecular flexibility index (Phi) is 4.64. The molecule has 0 radical (unpaired) electrons. The zero-order valence-corrected chi connectivity index (χ0v) is 12.4. The third-order valence-corrected chi connectivity index (χ3v) is 3.73. The Balaban J connectivity index is 2.06. The number of anilines is 1. The van der Waals surface area contributed by atoms with Crippen LogP contribution in [0.2, 0.25) is 0 Å². The van der Waals surface area contributed by atoms with Crippen LogP contribution >= 0.6 is 0 Å². The van der Waals surface area contributed by atoms with Gasteiger partial charge in [-0.25, -0.2) is 0 Å². The van der Waals surface area contributed by atoms with E-state index in [1.54, 1.807) is 4.90 Å². The van der Waals surface area contributed by atoms with Crippen molar-refractivity contribution in [2.24, 2.45) is 5.92 Å². The smallest absolute Gasteiger partial charge is 0.227 e. The van der Waals surface area contributed by atoms with Crippen molar-refractivity contribution in [3.63, 3.8) is 0 Å². The molecular formula is C17H20N2O2. The summed E-state index contributed by atoms with van der Waals surface area (Å²) >= 11 is 0. The van der Waals surface area contributed by atoms with E-state index in [1.807, 2.05) is 24.3 Å². The van der Waals surface area contributed by atoms with Gasteiger partial charge in [-0.15, -0.1) is 6.42 Å². The third-order valence-electron chi connectivity index (χ3n) is 3.73. The van der Waals surface area contributed by atoms with Crippen LogP contribution in [-0.2, 0) is 9.59 Å². The zero-order valence-electron chi connectivity index (χ0n) is 12.4. The van der Waals surface area contributed by atoms with Crippen molar-refractivity contribution in [3.05, 3.63) is 29.8 Å². The number of amides is 2. The summed E-state index contributed by atoms with van der Waals surface area (Å²) in [4.78, 5) is 25.6. The topological polar surface area (TPSA) is 49.4 Å². The molecule has 1 aliphatic heterocycles. The van der Waals surface area contributed by atoms with Crippen LogP contribution in [0.1, 0.15) is 31.7 Å². The number of rotatable bonds is 4. The van der Waals surface area contributed by atoms with Crippen LogP contribution in [0.25, 0.3) is 0 Å². The van der Waals surface area contributed by atoms with Crippen LogP contribution in [0.4, 0.5) is 5.69 Å². The van der Waals surface area contributed by atoms with E-state index in [-0.39, 0.29) is 30.7 Å². The normalized spacial score (nSPS) is 17.9. The van der Waals surface area contributed by atoms with Crippen LogP contribution < -0.4 is 10.2 Å². The molecular weight excluding hydrogens is 264 g/mol. The summed E-state index contributed by atoms with van der Waals surface area (Å²) in [5.41, 5.74) is 2.07. The fraction of sp³-hybridized carbons (Fsp3) is 0.412. The highest BCUT2D eigenvalue weighted by molar-refractivity contribution is 6.00. The van der Waals surface area contributed by atoms with E-state index in [9.17, 15) is 9.59 Å². The highest BCUT2D eigenvalue weighted by Gasteiger charge is 2.34. The van der Waals surface area contributed by atoms with Crippen molar-refractivity contribution in [1.82, 2.24) is 5.32 Å². The summed E-state index contributed by atoms with van der Waals surface area (Å²) in [6, 6.07) is 7.93. The average molecular weight is 284 g/mol. The van der Waals surface area contributed by atoms with Gasteiger partial charge >= 0.3 is 0 Å². The molecule has 1 N–H and O–H groups in total. The molecule has 2 amide bonds. The maximum Gasteiger partial charge on any atom is 0.227 e. The lowest BCUT2D eigenvalue weighted by Crippen LogP contribution is -2.33. The fourth-order valence-corrected chi connectivity index (χ4v) is 2.45. The second kappa shape index (κ2) is 6.45. The first kappa shape index (κ1) is 15.1. The van der Waals surface area contributed by atoms with Crippen molar-refractivity contribution < 1.29 is 9.59 Å². The number of nitrogens with zero attached hydrogens (tertiary/aromatic N) is 1. The fourth-order valence-electron chi connectivity index (χ4n) is 2.45. The van der Waals surface area contributed by atoms with Gasteiger partial charge in [-0.3, -0.25) is 9.59 Å². The van der Waals surface area contributed by atoms with Gasteiger partial charge in [-0.1, -0.05) is 31.9 Å². The van der Waals surface area contributed by atoms with Gasteiger partial charge in [0.25, 0.3) is 0 Å². The van der Waals surface area contributed by atoms with Crippen molar-refractivity contribution in [1.29, 1.82) is 0 Å². The monoisotopic (exact) mass is 284 g/mol. The highest BCUT2D eigenvalue weighted by atomic mass is 16.2. The lowest BCUT2D eigenvalue weighted by atomic mass is 10.0. The number of hydrogen-bond acceptors (Lipinski definition) is 2. The molecule has 0 unspecified atom stereocenters. The Morgan fingerprint density at radius 1 is 1.43 bits per heavy atom. The van der Waals surface area contributed by atoms with Gasteiger partial charge in [0, 0.05) is 18.7 Å². The Labute approximate surface area is 125 Å². The maximum atomic E-state index is 12.1. The first-order chi connectivity index (χ1) is 10.0. The van der Waals surface area contributed by atoms with Crippen LogP contribution in [0.5, 0.6) is 0 Å². The summed E-state index contributed by atoms with van der Waals surface area (Å²) in [5.74, 6) is 2.32. The Hall–Kier alpha value is -2.28. The maximum absolute atomic E-state index is 12.1. The van der Waals surface area contributed by atoms with Gasteiger partial charge in [0.15, 0.2) is 0 Å². The molecule has 1 heterocycles. The molecule has 1 aromatic rings. The molecule has 1 atom stereocenters. The molecule has 110 valence electrons. The second-order valence-electron chi connectivity index (χ2n) is 5.57. The van der Waals surface area contributed by atoms with Gasteiger partial charge in [-0.05, 0) is 23.6 Å². The minimum absolute atomic E-state index is 0.0202. The first-order valence-corrected chi connectivity index (χ1v) is 7.14. The zero-order chi connectivity index (χ0) is 15.4. The molecule has 1 aromatic carbocycles. The average Bonchev–Trinajstić information content (AvgIpc) is 2.87. The Morgan fingerprint density at radius 2 is 2.10 bits per heavy atom. The molecule has 1 fully saturated rings. The van der Waals surface area contributed by atoms with Crippen LogP contribution in [0.15, 0.2) is 24.3 Å². The van der Waals surface area contributed by atoms with Crippen LogP contribution in [-0.4, -0.2) is 24.9 Å². The van der Waals surface area contributed by atoms with Crippen molar-refractivity contribution in [3.8, 4) is 12.3 Å². The van der Waals surface area contributed by atoms with E-state index in [1.165, 1.54) is 5.56 Å². The lowest BCUT2D eigenvalue weighted by molar-refractivity contribution is -0.126. The van der Waals surface area contributed by atoms with Gasteiger partial charge in [-0.2, -0.15) is 0 Å². The van der Waals surface area contributed by atoms with Crippen molar-refractivity contribution in [2.45, 2.75) is 26.2 Å². The minimum atomic E-state index is -0.323. The summed E-state index contributed by atoms with van der Waals surface area (Å²) in [6.07, 6.45) is 5.36. The minimum Gasteiger partial charge on any atom is -0.345 e. The number of carbonyl (C=O) groups is 2. The largest absolute Gasteiger partial charge is 0.345 e. The summed E-state index contributed by atoms with van der Waals surface area (Å²) in [7, 11) is 0. The number of nitrogens with one attached hydrogen (secondary N) is 1. The summed E-state index contributed by atoms with van der Waals surface area (Å²) in [5, 5.41) is 2.64. The second-order valence-corrected chi connectivity index (χ2v) is 5.57. The van der Waals surface area contributed by atoms with E-state index >= 15 is 0 Å². The Bertz CT molecular complexity index is 569. The molecule has 4 heteroatoms. The number of carbonyl (C=O) groups excluding carboxylic acids is 2. The van der Waals surface area contributed by atoms with E-state index in [0.29, 0.717) is 12.5 Å². The molecule has 4 nitrogen and oxygen atoms in total. The quantitative estimate of drug-likeness (QED) is 0.859. The summed E-state index contributed by atoms with van der Waals surface area (Å²) in [6.45, 7) is 4.87. The predicted molar refractivity (Wildman–Crippen MR) is 82.8 cm³/mol. The molecule has 0 spiro atoms. The van der Waals surface area contributed by atoms with Gasteiger partial charge in [0.05, 0.1) is 12.5 Å². The summed E-state index contributed by atoms with van der Waals surface area (Å²) < 4.78 is 0. The van der Waals surface area contributed by atoms with Crippen molar-refractivity contribution in [2.75, 3.05) is 18.0 Å². The van der Waals surface area contributed by atoms with E-state index in [0.717, 1.165) is 5.69 Å². The first-order valence-electron chi connectivity index (χ1n) is 7.14. The molecule has 1 saturated heterocycles. The van der Waals surface area contributed by atoms with Crippen molar-refractivity contribution >= 4 is 17.5 Å². The molecule has 0 aliphatic carbocycles.